The van der Waals surface area contributed by atoms with E-state index in [1.165, 1.54) is 10.1 Å². The largest absolute Gasteiger partial charge is 0.420 e. The summed E-state index contributed by atoms with van der Waals surface area (Å²) in [4.78, 5) is 28.8. The van der Waals surface area contributed by atoms with Gasteiger partial charge in [-0.1, -0.05) is 12.1 Å². The second-order valence-corrected chi connectivity index (χ2v) is 6.99. The number of piperazine rings is 1. The van der Waals surface area contributed by atoms with Crippen molar-refractivity contribution in [3.8, 4) is 0 Å². The van der Waals surface area contributed by atoms with Crippen molar-refractivity contribution in [3.63, 3.8) is 0 Å². The van der Waals surface area contributed by atoms with E-state index >= 15 is 0 Å². The van der Waals surface area contributed by atoms with Gasteiger partial charge in [-0.05, 0) is 34.5 Å². The van der Waals surface area contributed by atoms with Crippen LogP contribution >= 0.6 is 23.7 Å². The Balaban J connectivity index is 0.00000196. The van der Waals surface area contributed by atoms with Gasteiger partial charge in [-0.3, -0.25) is 14.3 Å². The molecule has 138 valence electrons. The van der Waals surface area contributed by atoms with Gasteiger partial charge in [-0.2, -0.15) is 11.3 Å². The number of thiophene rings is 1. The Morgan fingerprint density at radius 1 is 1.12 bits per heavy atom. The molecule has 0 saturated carbocycles. The Kier molecular flexibility index (Phi) is 5.80. The number of aromatic nitrogens is 1. The standard InChI is InChI=1S/C18H19N3O3S.ClH/c22-17(12-21-15-3-1-2-4-16(15)24-18(21)23)20-8-6-19(7-9-20)11-14-5-10-25-13-14;/h1-5,10,13H,6-9,11-12H2;1H. The first-order valence-electron chi connectivity index (χ1n) is 8.30. The van der Waals surface area contributed by atoms with E-state index in [1.54, 1.807) is 23.5 Å². The molecule has 0 bridgehead atoms. The minimum absolute atomic E-state index is 0. The summed E-state index contributed by atoms with van der Waals surface area (Å²) >= 11 is 1.71. The zero-order chi connectivity index (χ0) is 17.2. The number of fused-ring (bicyclic) bond motifs is 1. The first-order valence-corrected chi connectivity index (χ1v) is 9.24. The van der Waals surface area contributed by atoms with Crippen molar-refractivity contribution in [3.05, 3.63) is 57.2 Å². The van der Waals surface area contributed by atoms with E-state index in [4.69, 9.17) is 4.42 Å². The number of benzene rings is 1. The number of halogens is 1. The van der Waals surface area contributed by atoms with Crippen molar-refractivity contribution < 1.29 is 9.21 Å². The van der Waals surface area contributed by atoms with Crippen LogP contribution in [-0.4, -0.2) is 46.5 Å². The fourth-order valence-corrected chi connectivity index (χ4v) is 3.85. The van der Waals surface area contributed by atoms with Crippen molar-refractivity contribution in [2.24, 2.45) is 0 Å². The van der Waals surface area contributed by atoms with E-state index in [2.05, 4.69) is 21.7 Å². The molecular weight excluding hydrogens is 374 g/mol. The average molecular weight is 394 g/mol. The molecule has 0 radical (unpaired) electrons. The van der Waals surface area contributed by atoms with Crippen LogP contribution in [0.5, 0.6) is 0 Å². The fraction of sp³-hybridized carbons (Fsp3) is 0.333. The molecule has 1 amide bonds. The number of carbonyl (C=O) groups is 1. The topological polar surface area (TPSA) is 58.7 Å². The smallest absolute Gasteiger partial charge is 0.408 e. The van der Waals surface area contributed by atoms with Crippen molar-refractivity contribution in [1.29, 1.82) is 0 Å². The Hall–Kier alpha value is -2.09. The summed E-state index contributed by atoms with van der Waals surface area (Å²) in [6.07, 6.45) is 0. The lowest BCUT2D eigenvalue weighted by Crippen LogP contribution is -2.49. The predicted molar refractivity (Wildman–Crippen MR) is 104 cm³/mol. The number of hydrogen-bond acceptors (Lipinski definition) is 5. The highest BCUT2D eigenvalue weighted by Gasteiger charge is 2.22. The van der Waals surface area contributed by atoms with Gasteiger partial charge in [-0.25, -0.2) is 4.79 Å². The second kappa shape index (κ2) is 8.07. The summed E-state index contributed by atoms with van der Waals surface area (Å²) in [5.41, 5.74) is 2.50. The van der Waals surface area contributed by atoms with Gasteiger partial charge in [0.25, 0.3) is 0 Å². The lowest BCUT2D eigenvalue weighted by molar-refractivity contribution is -0.133. The lowest BCUT2D eigenvalue weighted by Gasteiger charge is -2.34. The van der Waals surface area contributed by atoms with Crippen LogP contribution in [0.1, 0.15) is 5.56 Å². The summed E-state index contributed by atoms with van der Waals surface area (Å²) in [6.45, 7) is 4.03. The zero-order valence-electron chi connectivity index (χ0n) is 14.2. The number of rotatable bonds is 4. The molecule has 26 heavy (non-hydrogen) atoms. The van der Waals surface area contributed by atoms with Crippen LogP contribution in [0.25, 0.3) is 11.1 Å². The van der Waals surface area contributed by atoms with Crippen LogP contribution in [0.4, 0.5) is 0 Å². The molecule has 8 heteroatoms. The van der Waals surface area contributed by atoms with Gasteiger partial charge in [0.05, 0.1) is 5.52 Å². The Morgan fingerprint density at radius 2 is 1.88 bits per heavy atom. The Labute approximate surface area is 161 Å². The molecule has 0 N–H and O–H groups in total. The van der Waals surface area contributed by atoms with E-state index in [0.29, 0.717) is 24.2 Å². The van der Waals surface area contributed by atoms with Gasteiger partial charge in [0.1, 0.15) is 6.54 Å². The van der Waals surface area contributed by atoms with E-state index in [1.807, 2.05) is 17.0 Å². The third-order valence-electron chi connectivity index (χ3n) is 4.58. The third kappa shape index (κ3) is 3.85. The van der Waals surface area contributed by atoms with Crippen LogP contribution in [0.3, 0.4) is 0 Å². The molecule has 1 saturated heterocycles. The van der Waals surface area contributed by atoms with Crippen molar-refractivity contribution in [1.82, 2.24) is 14.4 Å². The highest BCUT2D eigenvalue weighted by molar-refractivity contribution is 7.07. The van der Waals surface area contributed by atoms with Crippen molar-refractivity contribution >= 4 is 40.8 Å². The molecule has 0 aliphatic carbocycles. The summed E-state index contributed by atoms with van der Waals surface area (Å²) < 4.78 is 6.60. The monoisotopic (exact) mass is 393 g/mol. The third-order valence-corrected chi connectivity index (χ3v) is 5.31. The molecule has 1 aliphatic rings. The predicted octanol–water partition coefficient (Wildman–Crippen LogP) is 2.42. The lowest BCUT2D eigenvalue weighted by atomic mass is 10.2. The van der Waals surface area contributed by atoms with Crippen LogP contribution in [0, 0.1) is 0 Å². The number of amides is 1. The summed E-state index contributed by atoms with van der Waals surface area (Å²) in [6, 6.07) is 9.32. The minimum Gasteiger partial charge on any atom is -0.408 e. The maximum atomic E-state index is 12.6. The van der Waals surface area contributed by atoms with Crippen LogP contribution in [0.2, 0.25) is 0 Å². The number of oxazole rings is 1. The number of hydrogen-bond donors (Lipinski definition) is 0. The minimum atomic E-state index is -0.481. The molecule has 2 aromatic heterocycles. The summed E-state index contributed by atoms with van der Waals surface area (Å²) in [7, 11) is 0. The van der Waals surface area contributed by atoms with Gasteiger partial charge >= 0.3 is 5.76 Å². The number of carbonyl (C=O) groups excluding carboxylic acids is 1. The molecule has 3 aromatic rings. The van der Waals surface area contributed by atoms with Crippen LogP contribution in [-0.2, 0) is 17.9 Å². The van der Waals surface area contributed by atoms with Gasteiger partial charge in [0.15, 0.2) is 5.58 Å². The Morgan fingerprint density at radius 3 is 2.62 bits per heavy atom. The maximum Gasteiger partial charge on any atom is 0.420 e. The van der Waals surface area contributed by atoms with Crippen LogP contribution in [0.15, 0.2) is 50.3 Å². The average Bonchev–Trinajstić information content (AvgIpc) is 3.24. The van der Waals surface area contributed by atoms with Crippen LogP contribution < -0.4 is 5.76 Å². The van der Waals surface area contributed by atoms with Crippen molar-refractivity contribution in [2.75, 3.05) is 26.2 Å². The molecule has 0 atom stereocenters. The first-order chi connectivity index (χ1) is 12.2. The highest BCUT2D eigenvalue weighted by atomic mass is 35.5. The molecule has 0 spiro atoms. The molecule has 6 nitrogen and oxygen atoms in total. The van der Waals surface area contributed by atoms with E-state index in [-0.39, 0.29) is 24.9 Å². The SMILES string of the molecule is Cl.O=C(Cn1c(=O)oc2ccccc21)N1CCN(Cc2ccsc2)CC1. The molecule has 1 aromatic carbocycles. The fourth-order valence-electron chi connectivity index (χ4n) is 3.20. The van der Waals surface area contributed by atoms with Gasteiger partial charge < -0.3 is 9.32 Å². The molecule has 1 fully saturated rings. The molecule has 0 unspecified atom stereocenters. The quantitative estimate of drug-likeness (QED) is 0.683. The molecule has 1 aliphatic heterocycles. The normalized spacial score (nSPS) is 15.2. The van der Waals surface area contributed by atoms with Crippen molar-refractivity contribution in [2.45, 2.75) is 13.1 Å². The second-order valence-electron chi connectivity index (χ2n) is 6.21. The van der Waals surface area contributed by atoms with Gasteiger partial charge in [-0.15, -0.1) is 12.4 Å². The molecular formula is C18H20ClN3O3S. The maximum absolute atomic E-state index is 12.6. The number of nitrogens with zero attached hydrogens (tertiary/aromatic N) is 3. The van der Waals surface area contributed by atoms with Gasteiger partial charge in [0.2, 0.25) is 5.91 Å². The number of para-hydroxylation sites is 2. The first kappa shape index (κ1) is 18.7. The Bertz CT molecular complexity index is 927. The zero-order valence-corrected chi connectivity index (χ0v) is 15.8. The summed E-state index contributed by atoms with van der Waals surface area (Å²) in [5, 5.41) is 4.25. The van der Waals surface area contributed by atoms with E-state index < -0.39 is 5.76 Å². The summed E-state index contributed by atoms with van der Waals surface area (Å²) in [5.74, 6) is -0.519. The van der Waals surface area contributed by atoms with E-state index in [0.717, 1.165) is 19.6 Å². The molecule has 4 rings (SSSR count). The molecule has 3 heterocycles. The van der Waals surface area contributed by atoms with E-state index in [9.17, 15) is 9.59 Å². The van der Waals surface area contributed by atoms with Gasteiger partial charge in [0, 0.05) is 32.7 Å². The highest BCUT2D eigenvalue weighted by Crippen LogP contribution is 2.14.